The first-order chi connectivity index (χ1) is 12.0. The van der Waals surface area contributed by atoms with Crippen LogP contribution in [-0.2, 0) is 14.8 Å². The molecule has 1 unspecified atom stereocenters. The van der Waals surface area contributed by atoms with Crippen molar-refractivity contribution in [3.63, 3.8) is 0 Å². The molecular formula is C18H26N2O4S. The molecule has 2 aliphatic rings. The summed E-state index contributed by atoms with van der Waals surface area (Å²) in [5, 5.41) is 3.53. The second kappa shape index (κ2) is 7.85. The molecule has 6 nitrogen and oxygen atoms in total. The molecule has 0 amide bonds. The molecule has 25 heavy (non-hydrogen) atoms. The van der Waals surface area contributed by atoms with Crippen LogP contribution in [0.5, 0.6) is 0 Å². The number of sulfonamides is 1. The molecule has 0 saturated carbocycles. The minimum atomic E-state index is -3.50. The Bertz CT molecular complexity index is 688. The molecule has 7 heteroatoms. The molecule has 1 aromatic rings. The average molecular weight is 366 g/mol. The minimum Gasteiger partial charge on any atom is -0.462 e. The summed E-state index contributed by atoms with van der Waals surface area (Å²) in [6.07, 6.45) is 4.22. The Morgan fingerprint density at radius 1 is 1.20 bits per heavy atom. The Balaban J connectivity index is 1.64. The molecule has 2 heterocycles. The summed E-state index contributed by atoms with van der Waals surface area (Å²) in [6, 6.07) is 6.56. The summed E-state index contributed by atoms with van der Waals surface area (Å²) in [7, 11) is -3.50. The van der Waals surface area contributed by atoms with E-state index in [4.69, 9.17) is 4.74 Å². The topological polar surface area (TPSA) is 75.7 Å². The number of carbonyl (C=O) groups excluding carboxylic acids is 1. The van der Waals surface area contributed by atoms with Crippen molar-refractivity contribution in [2.24, 2.45) is 5.92 Å². The molecule has 3 rings (SSSR count). The zero-order valence-electron chi connectivity index (χ0n) is 14.6. The number of rotatable bonds is 5. The van der Waals surface area contributed by atoms with Gasteiger partial charge in [0.2, 0.25) is 10.0 Å². The van der Waals surface area contributed by atoms with E-state index in [2.05, 4.69) is 5.32 Å². The van der Waals surface area contributed by atoms with E-state index in [0.29, 0.717) is 37.2 Å². The van der Waals surface area contributed by atoms with Crippen LogP contribution >= 0.6 is 0 Å². The second-order valence-electron chi connectivity index (χ2n) is 6.69. The number of benzene rings is 1. The van der Waals surface area contributed by atoms with Crippen molar-refractivity contribution in [1.82, 2.24) is 9.62 Å². The van der Waals surface area contributed by atoms with E-state index in [1.165, 1.54) is 37.1 Å². The van der Waals surface area contributed by atoms with Gasteiger partial charge in [-0.05, 0) is 69.3 Å². The van der Waals surface area contributed by atoms with Crippen LogP contribution < -0.4 is 5.32 Å². The van der Waals surface area contributed by atoms with Crippen molar-refractivity contribution in [1.29, 1.82) is 0 Å². The van der Waals surface area contributed by atoms with Crippen LogP contribution in [0.4, 0.5) is 0 Å². The van der Waals surface area contributed by atoms with Crippen LogP contribution in [-0.4, -0.2) is 51.0 Å². The lowest BCUT2D eigenvalue weighted by molar-refractivity contribution is 0.0526. The lowest BCUT2D eigenvalue weighted by Crippen LogP contribution is -2.43. The number of ether oxygens (including phenoxy) is 1. The van der Waals surface area contributed by atoms with Gasteiger partial charge in [-0.1, -0.05) is 0 Å². The fraction of sp³-hybridized carbons (Fsp3) is 0.611. The second-order valence-corrected chi connectivity index (χ2v) is 8.63. The SMILES string of the molecule is CCOC(=O)c1ccc(S(=O)(=O)N2CCC(C3CCCN3)CC2)cc1. The van der Waals surface area contributed by atoms with E-state index in [1.807, 2.05) is 0 Å². The van der Waals surface area contributed by atoms with E-state index in [-0.39, 0.29) is 4.90 Å². The molecule has 2 saturated heterocycles. The molecule has 0 bridgehead atoms. The Hall–Kier alpha value is -1.44. The molecule has 1 aromatic carbocycles. The standard InChI is InChI=1S/C18H26N2O4S/c1-2-24-18(21)15-5-7-16(8-6-15)25(22,23)20-12-9-14(10-13-20)17-4-3-11-19-17/h5-8,14,17,19H,2-4,9-13H2,1H3. The molecule has 138 valence electrons. The number of hydrogen-bond donors (Lipinski definition) is 1. The monoisotopic (exact) mass is 366 g/mol. The van der Waals surface area contributed by atoms with Crippen molar-refractivity contribution in [2.75, 3.05) is 26.2 Å². The van der Waals surface area contributed by atoms with Crippen molar-refractivity contribution in [2.45, 2.75) is 43.5 Å². The smallest absolute Gasteiger partial charge is 0.338 e. The van der Waals surface area contributed by atoms with Crippen LogP contribution in [0.2, 0.25) is 0 Å². The molecule has 0 aromatic heterocycles. The summed E-state index contributed by atoms with van der Waals surface area (Å²) in [6.45, 7) is 4.23. The number of esters is 1. The third-order valence-electron chi connectivity index (χ3n) is 5.17. The van der Waals surface area contributed by atoms with E-state index in [9.17, 15) is 13.2 Å². The largest absolute Gasteiger partial charge is 0.462 e. The van der Waals surface area contributed by atoms with Gasteiger partial charge in [0.05, 0.1) is 17.1 Å². The highest BCUT2D eigenvalue weighted by Gasteiger charge is 2.33. The van der Waals surface area contributed by atoms with Crippen LogP contribution in [0.3, 0.4) is 0 Å². The third kappa shape index (κ3) is 4.04. The van der Waals surface area contributed by atoms with Crippen molar-refractivity contribution < 1.29 is 17.9 Å². The summed E-state index contributed by atoms with van der Waals surface area (Å²) >= 11 is 0. The summed E-state index contributed by atoms with van der Waals surface area (Å²) in [5.41, 5.74) is 0.367. The highest BCUT2D eigenvalue weighted by molar-refractivity contribution is 7.89. The Labute approximate surface area is 149 Å². The highest BCUT2D eigenvalue weighted by Crippen LogP contribution is 2.28. The fourth-order valence-electron chi connectivity index (χ4n) is 3.76. The number of carbonyl (C=O) groups is 1. The predicted octanol–water partition coefficient (Wildman–Crippen LogP) is 2.02. The maximum Gasteiger partial charge on any atom is 0.338 e. The number of nitrogens with one attached hydrogen (secondary N) is 1. The van der Waals surface area contributed by atoms with Gasteiger partial charge < -0.3 is 10.1 Å². The van der Waals surface area contributed by atoms with Crippen molar-refractivity contribution in [3.8, 4) is 0 Å². The van der Waals surface area contributed by atoms with Gasteiger partial charge in [0.25, 0.3) is 0 Å². The molecule has 1 atom stereocenters. The van der Waals surface area contributed by atoms with Gasteiger partial charge in [-0.25, -0.2) is 13.2 Å². The van der Waals surface area contributed by atoms with Crippen LogP contribution in [0, 0.1) is 5.92 Å². The lowest BCUT2D eigenvalue weighted by atomic mass is 9.89. The van der Waals surface area contributed by atoms with E-state index < -0.39 is 16.0 Å². The molecule has 2 fully saturated rings. The quantitative estimate of drug-likeness (QED) is 0.807. The lowest BCUT2D eigenvalue weighted by Gasteiger charge is -2.34. The zero-order chi connectivity index (χ0) is 17.9. The maximum atomic E-state index is 12.8. The van der Waals surface area contributed by atoms with Crippen LogP contribution in [0.15, 0.2) is 29.2 Å². The summed E-state index contributed by atoms with van der Waals surface area (Å²) in [5.74, 6) is 0.136. The fourth-order valence-corrected chi connectivity index (χ4v) is 5.23. The van der Waals surface area contributed by atoms with Gasteiger partial charge in [-0.3, -0.25) is 0 Å². The summed E-state index contributed by atoms with van der Waals surface area (Å²) < 4.78 is 32.1. The maximum absolute atomic E-state index is 12.8. The molecular weight excluding hydrogens is 340 g/mol. The first-order valence-electron chi connectivity index (χ1n) is 9.03. The molecule has 0 radical (unpaired) electrons. The number of hydrogen-bond acceptors (Lipinski definition) is 5. The van der Waals surface area contributed by atoms with E-state index in [0.717, 1.165) is 19.4 Å². The molecule has 2 aliphatic heterocycles. The zero-order valence-corrected chi connectivity index (χ0v) is 15.4. The highest BCUT2D eigenvalue weighted by atomic mass is 32.2. The van der Waals surface area contributed by atoms with Gasteiger partial charge in [0, 0.05) is 19.1 Å². The predicted molar refractivity (Wildman–Crippen MR) is 94.9 cm³/mol. The van der Waals surface area contributed by atoms with Crippen LogP contribution in [0.1, 0.15) is 43.0 Å². The van der Waals surface area contributed by atoms with Gasteiger partial charge in [-0.2, -0.15) is 4.31 Å². The van der Waals surface area contributed by atoms with Gasteiger partial charge in [-0.15, -0.1) is 0 Å². The van der Waals surface area contributed by atoms with Gasteiger partial charge >= 0.3 is 5.97 Å². The molecule has 0 aliphatic carbocycles. The van der Waals surface area contributed by atoms with E-state index in [1.54, 1.807) is 11.2 Å². The summed E-state index contributed by atoms with van der Waals surface area (Å²) in [4.78, 5) is 11.9. The Morgan fingerprint density at radius 3 is 2.44 bits per heavy atom. The first-order valence-corrected chi connectivity index (χ1v) is 10.5. The number of nitrogens with zero attached hydrogens (tertiary/aromatic N) is 1. The Morgan fingerprint density at radius 2 is 1.88 bits per heavy atom. The van der Waals surface area contributed by atoms with Gasteiger partial charge in [0.1, 0.15) is 0 Å². The third-order valence-corrected chi connectivity index (χ3v) is 7.08. The molecule has 1 N–H and O–H groups in total. The minimum absolute atomic E-state index is 0.234. The first kappa shape index (κ1) is 18.4. The van der Waals surface area contributed by atoms with Crippen molar-refractivity contribution in [3.05, 3.63) is 29.8 Å². The Kier molecular flexibility index (Phi) is 5.76. The van der Waals surface area contributed by atoms with E-state index >= 15 is 0 Å². The van der Waals surface area contributed by atoms with Crippen molar-refractivity contribution >= 4 is 16.0 Å². The average Bonchev–Trinajstić information content (AvgIpc) is 3.17. The van der Waals surface area contributed by atoms with Crippen LogP contribution in [0.25, 0.3) is 0 Å². The van der Waals surface area contributed by atoms with Gasteiger partial charge in [0.15, 0.2) is 0 Å². The number of piperidine rings is 1. The molecule has 0 spiro atoms. The normalized spacial score (nSPS) is 22.8.